The van der Waals surface area contributed by atoms with Crippen LogP contribution in [0.1, 0.15) is 141 Å². The summed E-state index contributed by atoms with van der Waals surface area (Å²) in [7, 11) is 1.22. The average molecular weight is 1110 g/mol. The number of amides is 4. The van der Waals surface area contributed by atoms with E-state index in [1.54, 1.807) is 54.6 Å². The highest BCUT2D eigenvalue weighted by atomic mass is 32.1. The molecule has 9 aromatic rings. The van der Waals surface area contributed by atoms with Crippen LogP contribution < -0.4 is 9.64 Å². The fourth-order valence-electron chi connectivity index (χ4n) is 12.6. The monoisotopic (exact) mass is 1110 g/mol. The van der Waals surface area contributed by atoms with Crippen LogP contribution >= 0.6 is 11.3 Å². The Morgan fingerprint density at radius 3 is 1.60 bits per heavy atom. The normalized spacial score (nSPS) is 16.6. The van der Waals surface area contributed by atoms with Crippen molar-refractivity contribution in [1.29, 1.82) is 0 Å². The van der Waals surface area contributed by atoms with Gasteiger partial charge in [-0.05, 0) is 119 Å². The minimum absolute atomic E-state index is 0.0683. The van der Waals surface area contributed by atoms with Crippen LogP contribution in [0, 0.1) is 13.8 Å². The van der Waals surface area contributed by atoms with Gasteiger partial charge in [-0.2, -0.15) is 26.3 Å². The van der Waals surface area contributed by atoms with E-state index in [1.165, 1.54) is 62.3 Å². The van der Waals surface area contributed by atoms with Crippen molar-refractivity contribution >= 4 is 94.9 Å². The number of methoxy groups -OCH3 is 1. The Morgan fingerprint density at radius 1 is 0.588 bits per heavy atom. The number of unbranched alkanes of at least 4 members (excludes halogenated alkanes) is 6. The molecule has 2 aliphatic heterocycles. The molecule has 1 aliphatic carbocycles. The van der Waals surface area contributed by atoms with E-state index < -0.39 is 51.3 Å². The number of imide groups is 2. The van der Waals surface area contributed by atoms with Crippen molar-refractivity contribution in [3.63, 3.8) is 0 Å². The Hall–Kier alpha value is -7.85. The summed E-state index contributed by atoms with van der Waals surface area (Å²) < 4.78 is 108. The predicted molar refractivity (Wildman–Crippen MR) is 300 cm³/mol. The molecule has 9 nitrogen and oxygen atoms in total. The van der Waals surface area contributed by atoms with Gasteiger partial charge in [-0.3, -0.25) is 24.1 Å². The van der Waals surface area contributed by atoms with Crippen LogP contribution in [0.4, 0.5) is 32.0 Å². The van der Waals surface area contributed by atoms with Crippen LogP contribution in [0.3, 0.4) is 0 Å². The molecule has 16 heteroatoms. The molecule has 0 saturated heterocycles. The third-order valence-electron chi connectivity index (χ3n) is 16.5. The maximum Gasteiger partial charge on any atom is 0.380 e. The molecule has 3 aliphatic rings. The maximum absolute atomic E-state index is 16.3. The van der Waals surface area contributed by atoms with E-state index in [0.717, 1.165) is 85.3 Å². The third-order valence-corrected chi connectivity index (χ3v) is 17.7. The molecule has 0 radical (unpaired) electrons. The molecular formula is C64H53F6N3O6S. The van der Waals surface area contributed by atoms with Gasteiger partial charge in [-0.15, -0.1) is 0 Å². The van der Waals surface area contributed by atoms with E-state index in [1.807, 2.05) is 12.1 Å². The van der Waals surface area contributed by atoms with Crippen molar-refractivity contribution in [3.05, 3.63) is 147 Å². The zero-order chi connectivity index (χ0) is 56.3. The van der Waals surface area contributed by atoms with Crippen molar-refractivity contribution in [2.45, 2.75) is 116 Å². The number of aromatic nitrogens is 1. The molecular weight excluding hydrogens is 1050 g/mol. The highest BCUT2D eigenvalue weighted by Crippen LogP contribution is 2.67. The summed E-state index contributed by atoms with van der Waals surface area (Å²) in [5.41, 5.74) is -2.30. The minimum atomic E-state index is -5.88. The summed E-state index contributed by atoms with van der Waals surface area (Å²) in [4.78, 5) is 65.2. The van der Waals surface area contributed by atoms with Crippen molar-refractivity contribution in [2.75, 3.05) is 12.0 Å². The number of benzene rings is 7. The third kappa shape index (κ3) is 7.60. The molecule has 0 atom stereocenters. The number of carbonyl (C=O) groups is 4. The van der Waals surface area contributed by atoms with E-state index in [2.05, 4.69) is 18.8 Å². The first-order valence-corrected chi connectivity index (χ1v) is 27.9. The molecule has 0 unspecified atom stereocenters. The van der Waals surface area contributed by atoms with Crippen LogP contribution in [0.25, 0.3) is 76.8 Å². The van der Waals surface area contributed by atoms with E-state index in [4.69, 9.17) is 9.15 Å². The highest BCUT2D eigenvalue weighted by molar-refractivity contribution is 7.15. The summed E-state index contributed by atoms with van der Waals surface area (Å²) in [6.07, 6.45) is 9.70. The summed E-state index contributed by atoms with van der Waals surface area (Å²) in [5, 5.41) is 5.22. The zero-order valence-corrected chi connectivity index (χ0v) is 45.2. The Kier molecular flexibility index (Phi) is 12.8. The predicted octanol–water partition coefficient (Wildman–Crippen LogP) is 17.3. The van der Waals surface area contributed by atoms with Gasteiger partial charge in [0.15, 0.2) is 5.06 Å². The van der Waals surface area contributed by atoms with Crippen LogP contribution in [0.2, 0.25) is 0 Å². The minimum Gasteiger partial charge on any atom is -0.487 e. The molecule has 0 bridgehead atoms. The fraction of sp³-hybridized carbons (Fsp3) is 0.297. The van der Waals surface area contributed by atoms with Crippen LogP contribution in [0.5, 0.6) is 5.06 Å². The van der Waals surface area contributed by atoms with Crippen molar-refractivity contribution < 1.29 is 54.7 Å². The smallest absolute Gasteiger partial charge is 0.380 e. The number of hydrogen-bond acceptors (Lipinski definition) is 8. The molecule has 0 spiro atoms. The second kappa shape index (κ2) is 19.5. The molecule has 80 heavy (non-hydrogen) atoms. The molecule has 0 saturated carbocycles. The number of thiophene rings is 1. The summed E-state index contributed by atoms with van der Waals surface area (Å²) in [6, 6.07) is 28.0. The number of alkyl halides is 6. The van der Waals surface area contributed by atoms with Crippen molar-refractivity contribution in [1.82, 2.24) is 9.88 Å². The van der Waals surface area contributed by atoms with Crippen molar-refractivity contribution in [2.24, 2.45) is 0 Å². The summed E-state index contributed by atoms with van der Waals surface area (Å²) in [5.74, 6) is -19.3. The van der Waals surface area contributed by atoms with E-state index in [0.29, 0.717) is 55.0 Å². The van der Waals surface area contributed by atoms with E-state index in [-0.39, 0.29) is 68.1 Å². The lowest BCUT2D eigenvalue weighted by molar-refractivity contribution is -0.254. The van der Waals surface area contributed by atoms with Crippen LogP contribution in [-0.2, 0) is 0 Å². The number of ether oxygens (including phenoxy) is 1. The standard InChI is InChI=1S/C64H53F6N3O6S/c1-6-8-10-15-21-37(22-16-11-9-7-2)72-57(74)43-28-24-39-41-26-30-45-51-46(31-27-42(49(41)51)40-25-29-44(58(72)75)50(43)48(39)40)60(77)73(59(45)76)38-23-17-20-36(32-38)47-33(3)55(80-61(47)78-5)53-52(62(65,66)64(69,70)63(53,67)68)54-34(4)79-56(71-54)35-18-13-12-14-19-35/h12-14,17-20,23-32,37H,6-11,15-16,21-22H2,1-5H3. The van der Waals surface area contributed by atoms with Gasteiger partial charge >= 0.3 is 17.8 Å². The van der Waals surface area contributed by atoms with Crippen LogP contribution in [0.15, 0.2) is 108 Å². The number of aryl methyl sites for hydroxylation is 1. The largest absolute Gasteiger partial charge is 0.487 e. The first-order chi connectivity index (χ1) is 38.4. The Morgan fingerprint density at radius 2 is 1.09 bits per heavy atom. The Labute approximate surface area is 460 Å². The second-order valence-corrected chi connectivity index (χ2v) is 22.1. The molecule has 0 N–H and O–H groups in total. The van der Waals surface area contributed by atoms with Gasteiger partial charge in [0.25, 0.3) is 23.6 Å². The first-order valence-electron chi connectivity index (χ1n) is 27.1. The second-order valence-electron chi connectivity index (χ2n) is 21.2. The van der Waals surface area contributed by atoms with Crippen molar-refractivity contribution in [3.8, 4) is 27.6 Å². The lowest BCUT2D eigenvalue weighted by Crippen LogP contribution is -2.49. The number of hydrogen-bond donors (Lipinski definition) is 0. The molecule has 4 amide bonds. The molecule has 408 valence electrons. The topological polar surface area (TPSA) is 110 Å². The van der Waals surface area contributed by atoms with Gasteiger partial charge in [0.1, 0.15) is 11.5 Å². The number of rotatable bonds is 17. The number of anilines is 1. The van der Waals surface area contributed by atoms with Gasteiger partial charge < -0.3 is 9.15 Å². The van der Waals surface area contributed by atoms with Gasteiger partial charge in [-0.25, -0.2) is 9.88 Å². The summed E-state index contributed by atoms with van der Waals surface area (Å²) in [6.45, 7) is 6.81. The first kappa shape index (κ1) is 52.8. The number of oxazole rings is 1. The SMILES string of the molecule is CCCCCCC(CCCCCC)N1C(=O)c2ccc3c4ccc5c6c(ccc(c7ccc(c2c37)C1=O)c64)C(=O)N(c1cccc(-c2c(OC)sc(C3=C(c4nc(-c6ccccc6)oc4C)C(F)(F)C(F)(F)C3(F)F)c2C)c1)C5=O. The van der Waals surface area contributed by atoms with E-state index in [9.17, 15) is 19.2 Å². The lowest BCUT2D eigenvalue weighted by atomic mass is 9.82. The average Bonchev–Trinajstić information content (AvgIpc) is 1.88. The van der Waals surface area contributed by atoms with E-state index >= 15 is 26.3 Å². The Balaban J connectivity index is 0.927. The van der Waals surface area contributed by atoms with Gasteiger partial charge in [0.05, 0.1) is 23.9 Å². The quantitative estimate of drug-likeness (QED) is 0.0294. The van der Waals surface area contributed by atoms with Gasteiger partial charge in [0.2, 0.25) is 5.89 Å². The maximum atomic E-state index is 16.3. The number of allylic oxidation sites excluding steroid dienone is 2. The number of nitrogens with zero attached hydrogens (tertiary/aromatic N) is 3. The molecule has 4 heterocycles. The summed E-state index contributed by atoms with van der Waals surface area (Å²) >= 11 is 0.469. The zero-order valence-electron chi connectivity index (χ0n) is 44.4. The molecule has 2 aromatic heterocycles. The number of carbonyl (C=O) groups excluding carboxylic acids is 4. The number of halogens is 6. The Bertz CT molecular complexity index is 3970. The highest BCUT2D eigenvalue weighted by Gasteiger charge is 2.81. The lowest BCUT2D eigenvalue weighted by Gasteiger charge is -2.35. The van der Waals surface area contributed by atoms with Gasteiger partial charge in [0, 0.05) is 55.1 Å². The number of fused-ring (bicyclic) bond motifs is 2. The molecule has 0 fully saturated rings. The fourth-order valence-corrected chi connectivity index (χ4v) is 13.8. The molecule has 12 rings (SSSR count). The molecule has 7 aromatic carbocycles. The van der Waals surface area contributed by atoms with Crippen LogP contribution in [-0.4, -0.2) is 64.4 Å². The van der Waals surface area contributed by atoms with Gasteiger partial charge in [-0.1, -0.05) is 131 Å².